The van der Waals surface area contributed by atoms with Crippen molar-refractivity contribution in [2.24, 2.45) is 23.3 Å². The molecular weight excluding hydrogens is 1200 g/mol. The first-order valence-corrected chi connectivity index (χ1v) is 31.3. The third kappa shape index (κ3) is 23.6. The maximum atomic E-state index is 15.1. The second-order valence-corrected chi connectivity index (χ2v) is 24.3. The molecule has 5 rings (SSSR count). The first kappa shape index (κ1) is 70.7. The first-order chi connectivity index (χ1) is 41.9. The zero-order valence-electron chi connectivity index (χ0n) is 48.9. The van der Waals surface area contributed by atoms with Crippen LogP contribution in [0.15, 0.2) is 97.1 Å². The SMILES string of the molecule is CNCCCC[C@@H]1NC(=O)[C@@H](Cc2ccc(C(N)=O)cc2)NC(=O)[C@H](Cc2ccc(O)cc2)CC(=O)[C@H](NC(=O)[C@@H](CC(=O)CCC(=O)OC)Cc2ccc(Cl)cc2)CSSC[C@@H](C(=O)N[C@H](Cc2ccc(O)cc2)C(N)=O)NC(=O)[C@H]([C@@H](C)O)NC1=O. The highest BCUT2D eigenvalue weighted by molar-refractivity contribution is 8.76. The second-order valence-electron chi connectivity index (χ2n) is 21.3. The number of carbonyl (C=O) groups excluding carboxylic acids is 11. The lowest BCUT2D eigenvalue weighted by atomic mass is 9.89. The van der Waals surface area contributed by atoms with E-state index in [0.717, 1.165) is 21.6 Å². The van der Waals surface area contributed by atoms with E-state index in [4.69, 9.17) is 27.8 Å². The number of benzene rings is 4. The lowest BCUT2D eigenvalue weighted by molar-refractivity contribution is -0.142. The summed E-state index contributed by atoms with van der Waals surface area (Å²) in [5, 5.41) is 50.6. The van der Waals surface area contributed by atoms with Crippen molar-refractivity contribution in [2.75, 3.05) is 32.2 Å². The van der Waals surface area contributed by atoms with Crippen LogP contribution in [0.5, 0.6) is 11.5 Å². The minimum absolute atomic E-state index is 0.0247. The molecule has 0 unspecified atom stereocenters. The quantitative estimate of drug-likeness (QED) is 0.0256. The molecule has 4 aromatic carbocycles. The van der Waals surface area contributed by atoms with Gasteiger partial charge < -0.3 is 68.7 Å². The summed E-state index contributed by atoms with van der Waals surface area (Å²) >= 11 is 6.18. The van der Waals surface area contributed by atoms with E-state index >= 15 is 9.59 Å². The van der Waals surface area contributed by atoms with E-state index in [0.29, 0.717) is 46.7 Å². The Balaban J connectivity index is 1.63. The highest BCUT2D eigenvalue weighted by Crippen LogP contribution is 2.27. The Morgan fingerprint density at radius 1 is 0.693 bits per heavy atom. The number of esters is 1. The summed E-state index contributed by atoms with van der Waals surface area (Å²) in [4.78, 5) is 153. The number of primary amides is 2. The Bertz CT molecular complexity index is 3070. The van der Waals surface area contributed by atoms with Crippen LogP contribution < -0.4 is 48.7 Å². The number of aromatic hydroxyl groups is 2. The number of Topliss-reactive ketones (excluding diaryl/α,β-unsaturated/α-hetero) is 2. The van der Waals surface area contributed by atoms with Crippen molar-refractivity contribution >= 4 is 98.0 Å². The highest BCUT2D eigenvalue weighted by Gasteiger charge is 2.37. The average molecular weight is 1270 g/mol. The number of rotatable bonds is 25. The number of amides is 8. The summed E-state index contributed by atoms with van der Waals surface area (Å²) < 4.78 is 4.71. The Morgan fingerprint density at radius 3 is 1.86 bits per heavy atom. The summed E-state index contributed by atoms with van der Waals surface area (Å²) in [6.07, 6.45) is -2.91. The molecule has 0 bridgehead atoms. The molecule has 0 spiro atoms. The van der Waals surface area contributed by atoms with Crippen LogP contribution in [0, 0.1) is 11.8 Å². The van der Waals surface area contributed by atoms with Gasteiger partial charge in [0.25, 0.3) is 0 Å². The van der Waals surface area contributed by atoms with Crippen LogP contribution in [-0.2, 0) is 78.4 Å². The predicted molar refractivity (Wildman–Crippen MR) is 330 cm³/mol. The molecule has 0 aromatic heterocycles. The molecule has 1 aliphatic rings. The largest absolute Gasteiger partial charge is 0.508 e. The highest BCUT2D eigenvalue weighted by atomic mass is 35.5. The van der Waals surface area contributed by atoms with Gasteiger partial charge in [-0.1, -0.05) is 81.7 Å². The van der Waals surface area contributed by atoms with Crippen molar-refractivity contribution in [3.05, 3.63) is 130 Å². The Kier molecular flexibility index (Phi) is 28.7. The number of hydrogen-bond acceptors (Lipinski definition) is 18. The van der Waals surface area contributed by atoms with Crippen LogP contribution in [0.3, 0.4) is 0 Å². The summed E-state index contributed by atoms with van der Waals surface area (Å²) in [6, 6.07) is 14.8. The molecule has 0 radical (unpaired) electrons. The zero-order chi connectivity index (χ0) is 64.5. The number of phenolic OH excluding ortho intramolecular Hbond substituents is 2. The number of ketones is 2. The lowest BCUT2D eigenvalue weighted by Gasteiger charge is -2.29. The van der Waals surface area contributed by atoms with Crippen molar-refractivity contribution in [3.8, 4) is 11.5 Å². The molecule has 1 heterocycles. The number of nitrogens with one attached hydrogen (secondary N) is 7. The monoisotopic (exact) mass is 1270 g/mol. The molecule has 1 saturated heterocycles. The van der Waals surface area contributed by atoms with Gasteiger partial charge in [0.15, 0.2) is 5.78 Å². The number of methoxy groups -OCH3 is 1. The maximum Gasteiger partial charge on any atom is 0.305 e. The molecule has 88 heavy (non-hydrogen) atoms. The third-order valence-corrected chi connectivity index (χ3v) is 17.1. The molecule has 1 fully saturated rings. The van der Waals surface area contributed by atoms with Crippen LogP contribution in [0.25, 0.3) is 0 Å². The number of phenols is 2. The Morgan fingerprint density at radius 2 is 1.26 bits per heavy atom. The van der Waals surface area contributed by atoms with Crippen LogP contribution in [0.4, 0.5) is 0 Å². The molecular formula is C61H76ClN9O15S2. The fourth-order valence-corrected chi connectivity index (χ4v) is 11.9. The molecule has 474 valence electrons. The summed E-state index contributed by atoms with van der Waals surface area (Å²) in [6.45, 7) is 1.72. The molecule has 0 saturated carbocycles. The lowest BCUT2D eigenvalue weighted by Crippen LogP contribution is -2.62. The number of halogens is 1. The van der Waals surface area contributed by atoms with E-state index in [1.807, 2.05) is 0 Å². The van der Waals surface area contributed by atoms with Crippen molar-refractivity contribution < 1.29 is 72.8 Å². The number of aliphatic hydroxyl groups excluding tert-OH is 1. The summed E-state index contributed by atoms with van der Waals surface area (Å²) in [7, 11) is 4.78. The first-order valence-electron chi connectivity index (χ1n) is 28.4. The van der Waals surface area contributed by atoms with E-state index in [-0.39, 0.29) is 79.9 Å². The number of aliphatic hydroxyl groups is 1. The minimum atomic E-state index is -1.78. The maximum absolute atomic E-state index is 15.1. The molecule has 27 heteroatoms. The van der Waals surface area contributed by atoms with Gasteiger partial charge in [-0.05, 0) is 123 Å². The van der Waals surface area contributed by atoms with Crippen molar-refractivity contribution in [1.82, 2.24) is 37.2 Å². The normalized spacial score (nSPS) is 20.1. The van der Waals surface area contributed by atoms with E-state index < -0.39 is 125 Å². The van der Waals surface area contributed by atoms with Gasteiger partial charge in [0.2, 0.25) is 47.3 Å². The van der Waals surface area contributed by atoms with E-state index in [1.54, 1.807) is 31.3 Å². The van der Waals surface area contributed by atoms with E-state index in [9.17, 15) is 58.5 Å². The van der Waals surface area contributed by atoms with Gasteiger partial charge in [-0.3, -0.25) is 52.7 Å². The molecule has 14 N–H and O–H groups in total. The summed E-state index contributed by atoms with van der Waals surface area (Å²) in [5.74, 6) is -12.2. The van der Waals surface area contributed by atoms with Crippen LogP contribution in [0.2, 0.25) is 5.02 Å². The van der Waals surface area contributed by atoms with Crippen molar-refractivity contribution in [3.63, 3.8) is 0 Å². The Labute approximate surface area is 522 Å². The minimum Gasteiger partial charge on any atom is -0.508 e. The van der Waals surface area contributed by atoms with Gasteiger partial charge in [-0.15, -0.1) is 0 Å². The fourth-order valence-electron chi connectivity index (χ4n) is 9.38. The molecule has 0 aliphatic carbocycles. The van der Waals surface area contributed by atoms with Crippen LogP contribution in [0.1, 0.15) is 84.5 Å². The van der Waals surface area contributed by atoms with Crippen molar-refractivity contribution in [1.29, 1.82) is 0 Å². The molecule has 4 aromatic rings. The van der Waals surface area contributed by atoms with Gasteiger partial charge in [-0.25, -0.2) is 0 Å². The van der Waals surface area contributed by atoms with E-state index in [2.05, 4.69) is 37.2 Å². The number of hydrogen-bond donors (Lipinski definition) is 12. The smallest absolute Gasteiger partial charge is 0.305 e. The molecule has 1 aliphatic heterocycles. The van der Waals surface area contributed by atoms with Gasteiger partial charge in [-0.2, -0.15) is 0 Å². The number of ether oxygens (including phenoxy) is 1. The summed E-state index contributed by atoms with van der Waals surface area (Å²) in [5.41, 5.74) is 13.4. The molecule has 8 amide bonds. The standard InChI is InChI=1S/C61H76ClN9O15S2/c1-34(72)53-61(85)70-50(60(84)67-47(55(64)79)28-38-13-21-44(74)22-14-38)33-88-87-32-49(69-56(80)40(26-35-9-17-42(62)18-10-35)30-45(75)23-24-52(77)86-3)51(76)31-41(27-36-11-19-43(73)20-12-36)57(81)68-48(29-37-7-15-39(16-8-37)54(63)78)59(83)66-46(58(82)71-53)6-4-5-25-65-2/h7-22,34,40-41,46-50,53,65,72-74H,4-6,23-33H2,1-3H3,(H2,63,78)(H2,64,79)(H,66,83)(H,67,84)(H,68,81)(H,69,80)(H,70,85)(H,71,82)/t34-,40-,41-,46+,47-,48-,49-,50+,53+/m1/s1. The second kappa shape index (κ2) is 35.7. The number of nitrogens with two attached hydrogens (primary N) is 2. The third-order valence-electron chi connectivity index (χ3n) is 14.4. The van der Waals surface area contributed by atoms with E-state index in [1.165, 1.54) is 86.8 Å². The fraction of sp³-hybridized carbons (Fsp3) is 0.426. The number of unbranched alkanes of at least 4 members (excludes halogenated alkanes) is 1. The van der Waals surface area contributed by atoms with Crippen LogP contribution >= 0.6 is 33.2 Å². The topological polar surface area (TPSA) is 394 Å². The van der Waals surface area contributed by atoms with Gasteiger partial charge >= 0.3 is 5.97 Å². The molecule has 24 nitrogen and oxygen atoms in total. The van der Waals surface area contributed by atoms with Crippen molar-refractivity contribution in [2.45, 2.75) is 120 Å². The molecule has 9 atom stereocenters. The van der Waals surface area contributed by atoms with Gasteiger partial charge in [0.1, 0.15) is 47.5 Å². The number of carbonyl (C=O) groups is 11. The predicted octanol–water partition coefficient (Wildman–Crippen LogP) is 1.78. The van der Waals surface area contributed by atoms with Gasteiger partial charge in [0, 0.05) is 66.0 Å². The average Bonchev–Trinajstić information content (AvgIpc) is 3.54. The van der Waals surface area contributed by atoms with Gasteiger partial charge in [0.05, 0.1) is 25.7 Å². The van der Waals surface area contributed by atoms with Crippen LogP contribution in [-0.4, -0.2) is 155 Å². The Hall–Kier alpha value is -8.04. The zero-order valence-corrected chi connectivity index (χ0v) is 51.3.